The predicted molar refractivity (Wildman–Crippen MR) is 64.7 cm³/mol. The maximum Gasteiger partial charge on any atom is 0.239 e. The SMILES string of the molecule is COc1ccc(NCC(=O)NCCC#N)cc1F. The molecule has 1 aromatic carbocycles. The van der Waals surface area contributed by atoms with E-state index in [0.717, 1.165) is 0 Å². The molecule has 0 aliphatic rings. The van der Waals surface area contributed by atoms with E-state index in [9.17, 15) is 9.18 Å². The highest BCUT2D eigenvalue weighted by atomic mass is 19.1. The van der Waals surface area contributed by atoms with Crippen LogP contribution in [0.15, 0.2) is 18.2 Å². The minimum absolute atomic E-state index is 0.0250. The number of nitrogens with zero attached hydrogens (tertiary/aromatic N) is 1. The van der Waals surface area contributed by atoms with Gasteiger partial charge in [-0.05, 0) is 12.1 Å². The summed E-state index contributed by atoms with van der Waals surface area (Å²) in [6, 6.07) is 6.26. The Hall–Kier alpha value is -2.29. The van der Waals surface area contributed by atoms with E-state index < -0.39 is 5.82 Å². The van der Waals surface area contributed by atoms with E-state index >= 15 is 0 Å². The number of hydrogen-bond acceptors (Lipinski definition) is 4. The van der Waals surface area contributed by atoms with Crippen molar-refractivity contribution in [1.29, 1.82) is 5.26 Å². The minimum atomic E-state index is -0.493. The highest BCUT2D eigenvalue weighted by Gasteiger charge is 2.04. The summed E-state index contributed by atoms with van der Waals surface area (Å²) in [7, 11) is 1.38. The Kier molecular flexibility index (Phi) is 5.45. The Morgan fingerprint density at radius 2 is 2.33 bits per heavy atom. The fourth-order valence-electron chi connectivity index (χ4n) is 1.28. The Labute approximate surface area is 105 Å². The minimum Gasteiger partial charge on any atom is -0.494 e. The zero-order chi connectivity index (χ0) is 13.4. The number of ether oxygens (including phenoxy) is 1. The van der Waals surface area contributed by atoms with Gasteiger partial charge < -0.3 is 15.4 Å². The summed E-state index contributed by atoms with van der Waals surface area (Å²) in [4.78, 5) is 11.3. The molecule has 0 bridgehead atoms. The number of methoxy groups -OCH3 is 1. The van der Waals surface area contributed by atoms with Crippen molar-refractivity contribution in [2.45, 2.75) is 6.42 Å². The normalized spacial score (nSPS) is 9.39. The molecule has 6 heteroatoms. The van der Waals surface area contributed by atoms with E-state index in [1.807, 2.05) is 6.07 Å². The van der Waals surface area contributed by atoms with Crippen LogP contribution in [-0.2, 0) is 4.79 Å². The molecule has 0 aliphatic carbocycles. The molecular formula is C12H14FN3O2. The van der Waals surface area contributed by atoms with Crippen molar-refractivity contribution in [2.24, 2.45) is 0 Å². The third-order valence-electron chi connectivity index (χ3n) is 2.16. The number of benzene rings is 1. The van der Waals surface area contributed by atoms with Crippen molar-refractivity contribution in [3.8, 4) is 11.8 Å². The molecule has 1 amide bonds. The van der Waals surface area contributed by atoms with Crippen LogP contribution in [-0.4, -0.2) is 26.1 Å². The first-order valence-corrected chi connectivity index (χ1v) is 5.38. The Morgan fingerprint density at radius 3 is 2.94 bits per heavy atom. The number of carbonyl (C=O) groups excluding carboxylic acids is 1. The van der Waals surface area contributed by atoms with E-state index in [1.165, 1.54) is 19.2 Å². The van der Waals surface area contributed by atoms with Gasteiger partial charge in [-0.2, -0.15) is 5.26 Å². The van der Waals surface area contributed by atoms with Gasteiger partial charge in [-0.3, -0.25) is 4.79 Å². The number of nitriles is 1. The van der Waals surface area contributed by atoms with Crippen LogP contribution in [0.2, 0.25) is 0 Å². The molecule has 0 fully saturated rings. The molecule has 2 N–H and O–H groups in total. The monoisotopic (exact) mass is 251 g/mol. The van der Waals surface area contributed by atoms with Crippen LogP contribution < -0.4 is 15.4 Å². The van der Waals surface area contributed by atoms with E-state index in [1.54, 1.807) is 6.07 Å². The molecule has 1 aromatic rings. The quantitative estimate of drug-likeness (QED) is 0.747. The van der Waals surface area contributed by atoms with Gasteiger partial charge in [0.2, 0.25) is 5.91 Å². The number of carbonyl (C=O) groups is 1. The Morgan fingerprint density at radius 1 is 1.56 bits per heavy atom. The number of amides is 1. The van der Waals surface area contributed by atoms with E-state index in [0.29, 0.717) is 12.2 Å². The molecule has 0 radical (unpaired) electrons. The number of hydrogen-bond donors (Lipinski definition) is 2. The predicted octanol–water partition coefficient (Wildman–Crippen LogP) is 1.28. The van der Waals surface area contributed by atoms with Crippen molar-refractivity contribution in [1.82, 2.24) is 5.32 Å². The smallest absolute Gasteiger partial charge is 0.239 e. The third-order valence-corrected chi connectivity index (χ3v) is 2.16. The number of nitrogens with one attached hydrogen (secondary N) is 2. The van der Waals surface area contributed by atoms with Crippen LogP contribution in [0.3, 0.4) is 0 Å². The van der Waals surface area contributed by atoms with Gasteiger partial charge in [-0.15, -0.1) is 0 Å². The lowest BCUT2D eigenvalue weighted by molar-refractivity contribution is -0.119. The zero-order valence-corrected chi connectivity index (χ0v) is 10.00. The molecule has 0 aliphatic heterocycles. The van der Waals surface area contributed by atoms with Crippen molar-refractivity contribution >= 4 is 11.6 Å². The molecule has 96 valence electrons. The summed E-state index contributed by atoms with van der Waals surface area (Å²) in [5.74, 6) is -0.590. The lowest BCUT2D eigenvalue weighted by atomic mass is 10.3. The van der Waals surface area contributed by atoms with Crippen LogP contribution in [0, 0.1) is 17.1 Å². The van der Waals surface area contributed by atoms with Crippen LogP contribution in [0.25, 0.3) is 0 Å². The summed E-state index contributed by atoms with van der Waals surface area (Å²) in [6.45, 7) is 0.338. The highest BCUT2D eigenvalue weighted by molar-refractivity contribution is 5.80. The summed E-state index contributed by atoms with van der Waals surface area (Å²) < 4.78 is 18.1. The fraction of sp³-hybridized carbons (Fsp3) is 0.333. The number of anilines is 1. The molecule has 0 heterocycles. The van der Waals surface area contributed by atoms with Crippen LogP contribution in [0.5, 0.6) is 5.75 Å². The molecular weight excluding hydrogens is 237 g/mol. The van der Waals surface area contributed by atoms with Gasteiger partial charge in [0.05, 0.1) is 26.1 Å². The van der Waals surface area contributed by atoms with Crippen molar-refractivity contribution < 1.29 is 13.9 Å². The summed E-state index contributed by atoms with van der Waals surface area (Å²) in [5.41, 5.74) is 0.490. The van der Waals surface area contributed by atoms with Crippen LogP contribution in [0.1, 0.15) is 6.42 Å². The van der Waals surface area contributed by atoms with Crippen molar-refractivity contribution in [3.63, 3.8) is 0 Å². The number of rotatable bonds is 6. The van der Waals surface area contributed by atoms with Gasteiger partial charge >= 0.3 is 0 Å². The topological polar surface area (TPSA) is 74.2 Å². The second-order valence-electron chi connectivity index (χ2n) is 3.46. The third kappa shape index (κ3) is 4.29. The lowest BCUT2D eigenvalue weighted by Crippen LogP contribution is -2.30. The molecule has 5 nitrogen and oxygen atoms in total. The first kappa shape index (κ1) is 13.8. The van der Waals surface area contributed by atoms with Crippen LogP contribution in [0.4, 0.5) is 10.1 Å². The second-order valence-corrected chi connectivity index (χ2v) is 3.46. The Balaban J connectivity index is 2.42. The molecule has 1 rings (SSSR count). The average Bonchev–Trinajstić information content (AvgIpc) is 2.37. The molecule has 0 unspecified atom stereocenters. The highest BCUT2D eigenvalue weighted by Crippen LogP contribution is 2.20. The fourth-order valence-corrected chi connectivity index (χ4v) is 1.28. The molecule has 0 saturated carbocycles. The molecule has 0 saturated heterocycles. The molecule has 18 heavy (non-hydrogen) atoms. The van der Waals surface area contributed by atoms with E-state index in [4.69, 9.17) is 10.00 Å². The average molecular weight is 251 g/mol. The summed E-state index contributed by atoms with van der Waals surface area (Å²) >= 11 is 0. The summed E-state index contributed by atoms with van der Waals surface area (Å²) in [6.07, 6.45) is 0.267. The lowest BCUT2D eigenvalue weighted by Gasteiger charge is -2.08. The second kappa shape index (κ2) is 7.12. The van der Waals surface area contributed by atoms with Gasteiger partial charge in [0.15, 0.2) is 11.6 Å². The number of halogens is 1. The van der Waals surface area contributed by atoms with Gasteiger partial charge in [0, 0.05) is 18.3 Å². The summed E-state index contributed by atoms with van der Waals surface area (Å²) in [5, 5.41) is 13.6. The van der Waals surface area contributed by atoms with Gasteiger partial charge in [-0.1, -0.05) is 0 Å². The van der Waals surface area contributed by atoms with E-state index in [2.05, 4.69) is 10.6 Å². The van der Waals surface area contributed by atoms with Gasteiger partial charge in [0.25, 0.3) is 0 Å². The maximum atomic E-state index is 13.3. The van der Waals surface area contributed by atoms with Crippen LogP contribution >= 0.6 is 0 Å². The van der Waals surface area contributed by atoms with Gasteiger partial charge in [0.1, 0.15) is 0 Å². The maximum absolute atomic E-state index is 13.3. The first-order valence-electron chi connectivity index (χ1n) is 5.38. The van der Waals surface area contributed by atoms with Gasteiger partial charge in [-0.25, -0.2) is 4.39 Å². The van der Waals surface area contributed by atoms with Crippen molar-refractivity contribution in [3.05, 3.63) is 24.0 Å². The van der Waals surface area contributed by atoms with E-state index in [-0.39, 0.29) is 24.6 Å². The largest absolute Gasteiger partial charge is 0.494 e. The molecule has 0 atom stereocenters. The standard InChI is InChI=1S/C12H14FN3O2/c1-18-11-4-3-9(7-10(11)13)16-8-12(17)15-6-2-5-14/h3-4,7,16H,2,6,8H2,1H3,(H,15,17). The molecule has 0 aromatic heterocycles. The molecule has 0 spiro atoms. The first-order chi connectivity index (χ1) is 8.67. The van der Waals surface area contributed by atoms with Crippen molar-refractivity contribution in [2.75, 3.05) is 25.5 Å². The zero-order valence-electron chi connectivity index (χ0n) is 10.00. The Bertz CT molecular complexity index is 457.